The van der Waals surface area contributed by atoms with E-state index in [0.717, 1.165) is 18.6 Å². The fourth-order valence-electron chi connectivity index (χ4n) is 7.23. The topological polar surface area (TPSA) is 93.6 Å². The van der Waals surface area contributed by atoms with Crippen molar-refractivity contribution in [3.63, 3.8) is 0 Å². The number of fused-ring (bicyclic) bond motifs is 6. The van der Waals surface area contributed by atoms with Gasteiger partial charge in [-0.1, -0.05) is 55.6 Å². The highest BCUT2D eigenvalue weighted by atomic mass is 79.9. The van der Waals surface area contributed by atoms with Crippen LogP contribution in [-0.2, 0) is 14.3 Å². The molecular weight excluding hydrogens is 778 g/mol. The molecular formula is C35H25Br2Cl2FN2O5. The zero-order valence-corrected chi connectivity index (χ0v) is 29.1. The Hall–Kier alpha value is -3.18. The number of amides is 2. The van der Waals surface area contributed by atoms with Crippen molar-refractivity contribution < 1.29 is 28.3 Å². The van der Waals surface area contributed by atoms with Crippen LogP contribution in [0, 0.1) is 29.5 Å². The lowest BCUT2D eigenvalue weighted by molar-refractivity contribution is -0.123. The number of ketones is 1. The van der Waals surface area contributed by atoms with Gasteiger partial charge in [0.1, 0.15) is 5.82 Å². The van der Waals surface area contributed by atoms with E-state index < -0.39 is 23.7 Å². The Morgan fingerprint density at radius 1 is 0.936 bits per heavy atom. The molecule has 2 bridgehead atoms. The Morgan fingerprint density at radius 2 is 1.57 bits per heavy atom. The standard InChI is InChI=1S/C35H25Br2Cl2FN2O5/c36-30-23-14-24(31(30)37)29-28(23)33(44)42(34(29)45)20-8-3-16(4-9-20)26-15-22(21-13-18(39)5-10-25(21)41-26)35(46)47-27(11-12-38)32(43)17-1-6-19(40)7-2-17/h1-10,13,15,23-24,27-31H,11-12,14H2. The number of pyridine rings is 1. The number of imide groups is 1. The number of carbonyl (C=O) groups is 4. The van der Waals surface area contributed by atoms with Crippen LogP contribution >= 0.6 is 55.1 Å². The highest BCUT2D eigenvalue weighted by Crippen LogP contribution is 2.60. The summed E-state index contributed by atoms with van der Waals surface area (Å²) in [6.07, 6.45) is -0.312. The molecule has 3 aromatic carbocycles. The van der Waals surface area contributed by atoms with Crippen molar-refractivity contribution in [2.24, 2.45) is 23.7 Å². The molecule has 7 nitrogen and oxygen atoms in total. The SMILES string of the molecule is O=C(OC(CCCl)C(=O)c1ccc(F)cc1)c1cc(-c2ccc(N3C(=O)C4C5CC(C(Br)C5Br)C4C3=O)cc2)nc2ccc(Cl)cc12. The van der Waals surface area contributed by atoms with E-state index in [-0.39, 0.29) is 68.6 Å². The van der Waals surface area contributed by atoms with Gasteiger partial charge in [-0.25, -0.2) is 14.2 Å². The fourth-order valence-corrected chi connectivity index (χ4v) is 9.48. The highest BCUT2D eigenvalue weighted by molar-refractivity contribution is 9.12. The number of anilines is 1. The third-order valence-corrected chi connectivity index (χ3v) is 13.1. The Kier molecular flexibility index (Phi) is 8.74. The molecule has 1 aromatic heterocycles. The Morgan fingerprint density at radius 3 is 2.19 bits per heavy atom. The average molecular weight is 803 g/mol. The van der Waals surface area contributed by atoms with E-state index in [4.69, 9.17) is 32.9 Å². The zero-order valence-electron chi connectivity index (χ0n) is 24.4. The van der Waals surface area contributed by atoms with Gasteiger partial charge in [-0.2, -0.15) is 0 Å². The first-order valence-corrected chi connectivity index (χ1v) is 17.7. The predicted molar refractivity (Wildman–Crippen MR) is 184 cm³/mol. The number of alkyl halides is 3. The Labute approximate surface area is 296 Å². The normalized spacial score (nSPS) is 25.3. The van der Waals surface area contributed by atoms with Gasteiger partial charge in [-0.05, 0) is 78.9 Å². The first-order valence-electron chi connectivity index (χ1n) is 15.0. The van der Waals surface area contributed by atoms with Crippen molar-refractivity contribution in [1.29, 1.82) is 0 Å². The maximum Gasteiger partial charge on any atom is 0.339 e. The zero-order chi connectivity index (χ0) is 33.1. The number of halogens is 5. The average Bonchev–Trinajstić information content (AvgIpc) is 3.68. The summed E-state index contributed by atoms with van der Waals surface area (Å²) in [5.41, 5.74) is 2.30. The van der Waals surface area contributed by atoms with Crippen LogP contribution in [-0.4, -0.2) is 50.2 Å². The summed E-state index contributed by atoms with van der Waals surface area (Å²) < 4.78 is 19.2. The van der Waals surface area contributed by atoms with Gasteiger partial charge in [0.2, 0.25) is 17.6 Å². The molecule has 240 valence electrons. The van der Waals surface area contributed by atoms with Gasteiger partial charge in [0.15, 0.2) is 6.10 Å². The van der Waals surface area contributed by atoms with Crippen molar-refractivity contribution in [3.05, 3.63) is 94.8 Å². The van der Waals surface area contributed by atoms with Gasteiger partial charge in [0.05, 0.1) is 34.3 Å². The molecule has 3 fully saturated rings. The minimum atomic E-state index is -1.21. The van der Waals surface area contributed by atoms with E-state index in [9.17, 15) is 23.6 Å². The number of hydrogen-bond donors (Lipinski definition) is 0. The Bertz CT molecular complexity index is 1910. The molecule has 47 heavy (non-hydrogen) atoms. The van der Waals surface area contributed by atoms with Crippen LogP contribution in [0.3, 0.4) is 0 Å². The van der Waals surface area contributed by atoms with Gasteiger partial charge in [0.25, 0.3) is 0 Å². The number of hydrogen-bond acceptors (Lipinski definition) is 6. The molecule has 0 radical (unpaired) electrons. The number of nitrogens with zero attached hydrogens (tertiary/aromatic N) is 2. The third-order valence-electron chi connectivity index (χ3n) is 9.44. The van der Waals surface area contributed by atoms with Crippen LogP contribution in [0.4, 0.5) is 10.1 Å². The van der Waals surface area contributed by atoms with Crippen molar-refractivity contribution in [2.45, 2.75) is 28.6 Å². The van der Waals surface area contributed by atoms with E-state index in [1.54, 1.807) is 48.5 Å². The minimum absolute atomic E-state index is 0.0453. The quantitative estimate of drug-likeness (QED) is 0.0776. The molecule has 2 aliphatic carbocycles. The van der Waals surface area contributed by atoms with Crippen LogP contribution in [0.2, 0.25) is 5.02 Å². The smallest absolute Gasteiger partial charge is 0.339 e. The van der Waals surface area contributed by atoms with Crippen molar-refractivity contribution in [2.75, 3.05) is 10.8 Å². The summed E-state index contributed by atoms with van der Waals surface area (Å²) in [6, 6.07) is 18.3. The van der Waals surface area contributed by atoms with Crippen LogP contribution < -0.4 is 4.90 Å². The third kappa shape index (κ3) is 5.61. The van der Waals surface area contributed by atoms with E-state index in [2.05, 4.69) is 31.9 Å². The van der Waals surface area contributed by atoms with Crippen molar-refractivity contribution in [1.82, 2.24) is 4.98 Å². The summed E-state index contributed by atoms with van der Waals surface area (Å²) in [4.78, 5) is 60.3. The van der Waals surface area contributed by atoms with Gasteiger partial charge in [-0.15, -0.1) is 11.6 Å². The molecule has 12 heteroatoms. The molecule has 7 unspecified atom stereocenters. The number of Topliss-reactive ketones (excluding diaryl/α,β-unsaturated/α-hetero) is 1. The van der Waals surface area contributed by atoms with Gasteiger partial charge in [-0.3, -0.25) is 19.3 Å². The molecule has 7 atom stereocenters. The Balaban J connectivity index is 1.19. The van der Waals surface area contributed by atoms with Crippen LogP contribution in [0.5, 0.6) is 0 Å². The van der Waals surface area contributed by atoms with Crippen molar-refractivity contribution >= 4 is 95.2 Å². The number of rotatable bonds is 8. The lowest BCUT2D eigenvalue weighted by Crippen LogP contribution is -2.37. The maximum atomic E-state index is 13.7. The monoisotopic (exact) mass is 800 g/mol. The van der Waals surface area contributed by atoms with E-state index in [1.807, 2.05) is 0 Å². The molecule has 0 spiro atoms. The first-order chi connectivity index (χ1) is 22.6. The lowest BCUT2D eigenvalue weighted by Gasteiger charge is -2.28. The number of benzene rings is 3. The summed E-state index contributed by atoms with van der Waals surface area (Å²) in [7, 11) is 0. The van der Waals surface area contributed by atoms with E-state index in [1.165, 1.54) is 17.0 Å². The molecule has 1 saturated heterocycles. The summed E-state index contributed by atoms with van der Waals surface area (Å²) >= 11 is 19.7. The van der Waals surface area contributed by atoms with Gasteiger partial charge < -0.3 is 4.74 Å². The van der Waals surface area contributed by atoms with E-state index in [0.29, 0.717) is 32.9 Å². The van der Waals surface area contributed by atoms with Crippen molar-refractivity contribution in [3.8, 4) is 11.3 Å². The number of carbonyl (C=O) groups excluding carboxylic acids is 4. The largest absolute Gasteiger partial charge is 0.450 e. The molecule has 4 aromatic rings. The second kappa shape index (κ2) is 12.7. The van der Waals surface area contributed by atoms with Gasteiger partial charge >= 0.3 is 5.97 Å². The van der Waals surface area contributed by atoms with Gasteiger partial charge in [0, 0.05) is 43.5 Å². The number of esters is 1. The number of aromatic nitrogens is 1. The van der Waals surface area contributed by atoms with Crippen LogP contribution in [0.25, 0.3) is 22.2 Å². The molecule has 2 heterocycles. The van der Waals surface area contributed by atoms with E-state index >= 15 is 0 Å². The number of ether oxygens (including phenoxy) is 1. The first kappa shape index (κ1) is 32.4. The minimum Gasteiger partial charge on any atom is -0.450 e. The molecule has 0 N–H and O–H groups in total. The highest BCUT2D eigenvalue weighted by Gasteiger charge is 2.66. The molecule has 3 aliphatic rings. The second-order valence-electron chi connectivity index (χ2n) is 12.0. The summed E-state index contributed by atoms with van der Waals surface area (Å²) in [5.74, 6) is -2.52. The molecule has 2 amide bonds. The molecule has 2 saturated carbocycles. The predicted octanol–water partition coefficient (Wildman–Crippen LogP) is 8.01. The summed E-state index contributed by atoms with van der Waals surface area (Å²) in [5, 5.41) is 0.798. The lowest BCUT2D eigenvalue weighted by atomic mass is 9.81. The second-order valence-corrected chi connectivity index (χ2v) is 15.0. The van der Waals surface area contributed by atoms with Crippen LogP contribution in [0.15, 0.2) is 72.8 Å². The summed E-state index contributed by atoms with van der Waals surface area (Å²) in [6.45, 7) is 0. The molecule has 1 aliphatic heterocycles. The van der Waals surface area contributed by atoms with Crippen LogP contribution in [0.1, 0.15) is 33.6 Å². The maximum absolute atomic E-state index is 13.7. The fraction of sp³-hybridized carbons (Fsp3) is 0.286. The molecule has 7 rings (SSSR count).